The Balaban J connectivity index is 1.92. The van der Waals surface area contributed by atoms with Crippen molar-refractivity contribution < 1.29 is 9.90 Å². The highest BCUT2D eigenvalue weighted by molar-refractivity contribution is 7.10. The zero-order valence-corrected chi connectivity index (χ0v) is 13.4. The van der Waals surface area contributed by atoms with Crippen molar-refractivity contribution in [2.45, 2.75) is 39.3 Å². The fourth-order valence-electron chi connectivity index (χ4n) is 2.58. The quantitative estimate of drug-likeness (QED) is 0.900. The lowest BCUT2D eigenvalue weighted by atomic mass is 10.1. The topological polar surface area (TPSA) is 43.8 Å². The summed E-state index contributed by atoms with van der Waals surface area (Å²) in [6.45, 7) is 8.80. The van der Waals surface area contributed by atoms with Gasteiger partial charge in [-0.3, -0.25) is 9.69 Å². The molecule has 0 saturated heterocycles. The molecule has 2 heterocycles. The summed E-state index contributed by atoms with van der Waals surface area (Å²) >= 11 is 1.78. The minimum atomic E-state index is -0.765. The molecule has 1 aliphatic heterocycles. The Morgan fingerprint density at radius 1 is 1.55 bits per heavy atom. The second kappa shape index (κ2) is 6.24. The van der Waals surface area contributed by atoms with Crippen LogP contribution < -0.4 is 0 Å². The van der Waals surface area contributed by atoms with E-state index >= 15 is 0 Å². The average molecular weight is 296 g/mol. The van der Waals surface area contributed by atoms with Crippen molar-refractivity contribution in [1.29, 1.82) is 0 Å². The standard InChI is InChI=1S/C15H24N2O2S/c1-4-16(11-15(2,3)19)10-14(18)17-7-5-13-12(9-17)6-8-20-13/h6,8,19H,4-5,7,9-11H2,1-3H3. The first-order valence-electron chi connectivity index (χ1n) is 7.17. The molecular weight excluding hydrogens is 272 g/mol. The third kappa shape index (κ3) is 4.04. The summed E-state index contributed by atoms with van der Waals surface area (Å²) in [6, 6.07) is 2.12. The van der Waals surface area contributed by atoms with E-state index in [1.807, 2.05) is 16.7 Å². The molecule has 1 aliphatic rings. The second-order valence-electron chi connectivity index (χ2n) is 6.05. The Bertz CT molecular complexity index is 465. The van der Waals surface area contributed by atoms with E-state index in [0.717, 1.165) is 26.1 Å². The Morgan fingerprint density at radius 3 is 2.95 bits per heavy atom. The second-order valence-corrected chi connectivity index (χ2v) is 7.05. The van der Waals surface area contributed by atoms with Gasteiger partial charge in [0.2, 0.25) is 5.91 Å². The number of aliphatic hydroxyl groups is 1. The van der Waals surface area contributed by atoms with Crippen LogP contribution in [-0.2, 0) is 17.8 Å². The Hall–Kier alpha value is -0.910. The molecule has 0 atom stereocenters. The minimum Gasteiger partial charge on any atom is -0.389 e. The third-order valence-electron chi connectivity index (χ3n) is 3.58. The molecule has 0 aromatic carbocycles. The van der Waals surface area contributed by atoms with Gasteiger partial charge in [0, 0.05) is 24.5 Å². The van der Waals surface area contributed by atoms with Crippen LogP contribution in [0.5, 0.6) is 0 Å². The summed E-state index contributed by atoms with van der Waals surface area (Å²) in [6.07, 6.45) is 0.969. The minimum absolute atomic E-state index is 0.160. The number of thiophene rings is 1. The molecule has 0 aliphatic carbocycles. The molecule has 112 valence electrons. The van der Waals surface area contributed by atoms with E-state index in [1.54, 1.807) is 25.2 Å². The number of nitrogens with zero attached hydrogens (tertiary/aromatic N) is 2. The van der Waals surface area contributed by atoms with E-state index in [-0.39, 0.29) is 5.91 Å². The molecule has 0 radical (unpaired) electrons. The molecule has 4 nitrogen and oxygen atoms in total. The van der Waals surface area contributed by atoms with Crippen molar-refractivity contribution >= 4 is 17.2 Å². The van der Waals surface area contributed by atoms with Gasteiger partial charge < -0.3 is 10.0 Å². The third-order valence-corrected chi connectivity index (χ3v) is 4.60. The first kappa shape index (κ1) is 15.5. The molecule has 0 spiro atoms. The summed E-state index contributed by atoms with van der Waals surface area (Å²) in [5.74, 6) is 0.160. The highest BCUT2D eigenvalue weighted by Gasteiger charge is 2.24. The zero-order valence-electron chi connectivity index (χ0n) is 12.6. The number of hydrogen-bond donors (Lipinski definition) is 1. The molecule has 0 unspecified atom stereocenters. The molecule has 1 N–H and O–H groups in total. The SMILES string of the molecule is CCN(CC(=O)N1CCc2sccc2C1)CC(C)(C)O. The van der Waals surface area contributed by atoms with Crippen molar-refractivity contribution in [2.75, 3.05) is 26.2 Å². The van der Waals surface area contributed by atoms with Gasteiger partial charge in [0.1, 0.15) is 0 Å². The lowest BCUT2D eigenvalue weighted by Gasteiger charge is -2.32. The monoisotopic (exact) mass is 296 g/mol. The molecule has 1 aromatic rings. The predicted molar refractivity (Wildman–Crippen MR) is 81.9 cm³/mol. The summed E-state index contributed by atoms with van der Waals surface area (Å²) in [7, 11) is 0. The van der Waals surface area contributed by atoms with Gasteiger partial charge in [0.15, 0.2) is 0 Å². The molecule has 1 aromatic heterocycles. The molecule has 5 heteroatoms. The number of carbonyl (C=O) groups is 1. The van der Waals surface area contributed by atoms with E-state index in [0.29, 0.717) is 13.1 Å². The Kier molecular flexibility index (Phi) is 4.83. The Labute approximate surface area is 125 Å². The van der Waals surface area contributed by atoms with Crippen molar-refractivity contribution in [2.24, 2.45) is 0 Å². The number of hydrogen-bond acceptors (Lipinski definition) is 4. The lowest BCUT2D eigenvalue weighted by Crippen LogP contribution is -2.46. The molecule has 1 amide bonds. The van der Waals surface area contributed by atoms with Crippen LogP contribution in [0.15, 0.2) is 11.4 Å². The molecule has 2 rings (SSSR count). The molecular formula is C15H24N2O2S. The van der Waals surface area contributed by atoms with Crippen LogP contribution in [0.4, 0.5) is 0 Å². The average Bonchev–Trinajstić information content (AvgIpc) is 2.83. The first-order chi connectivity index (χ1) is 9.39. The largest absolute Gasteiger partial charge is 0.389 e. The number of rotatable bonds is 5. The normalized spacial score (nSPS) is 15.6. The van der Waals surface area contributed by atoms with Crippen molar-refractivity contribution in [3.8, 4) is 0 Å². The maximum absolute atomic E-state index is 12.4. The highest BCUT2D eigenvalue weighted by Crippen LogP contribution is 2.24. The molecule has 20 heavy (non-hydrogen) atoms. The number of amides is 1. The van der Waals surface area contributed by atoms with Crippen LogP contribution in [0.25, 0.3) is 0 Å². The zero-order chi connectivity index (χ0) is 14.8. The molecule has 0 bridgehead atoms. The van der Waals surface area contributed by atoms with Crippen LogP contribution >= 0.6 is 11.3 Å². The summed E-state index contributed by atoms with van der Waals surface area (Å²) in [4.78, 5) is 17.7. The van der Waals surface area contributed by atoms with Gasteiger partial charge in [-0.1, -0.05) is 6.92 Å². The molecule has 0 saturated carbocycles. The van der Waals surface area contributed by atoms with Crippen molar-refractivity contribution in [3.63, 3.8) is 0 Å². The van der Waals surface area contributed by atoms with Gasteiger partial charge in [0.05, 0.1) is 12.1 Å². The van der Waals surface area contributed by atoms with E-state index in [1.165, 1.54) is 10.4 Å². The van der Waals surface area contributed by atoms with Gasteiger partial charge in [0.25, 0.3) is 0 Å². The number of likely N-dealkylation sites (N-methyl/N-ethyl adjacent to an activating group) is 1. The van der Waals surface area contributed by atoms with E-state index in [4.69, 9.17) is 0 Å². The highest BCUT2D eigenvalue weighted by atomic mass is 32.1. The molecule has 0 fully saturated rings. The van der Waals surface area contributed by atoms with E-state index in [9.17, 15) is 9.90 Å². The van der Waals surface area contributed by atoms with Gasteiger partial charge in [-0.15, -0.1) is 11.3 Å². The van der Waals surface area contributed by atoms with Crippen LogP contribution in [0.1, 0.15) is 31.2 Å². The summed E-state index contributed by atoms with van der Waals surface area (Å²) in [5.41, 5.74) is 0.527. The maximum Gasteiger partial charge on any atom is 0.237 e. The van der Waals surface area contributed by atoms with Gasteiger partial charge in [-0.2, -0.15) is 0 Å². The van der Waals surface area contributed by atoms with Crippen LogP contribution in [0.2, 0.25) is 0 Å². The van der Waals surface area contributed by atoms with E-state index < -0.39 is 5.60 Å². The predicted octanol–water partition coefficient (Wildman–Crippen LogP) is 1.73. The van der Waals surface area contributed by atoms with Crippen molar-refractivity contribution in [3.05, 3.63) is 21.9 Å². The fourth-order valence-corrected chi connectivity index (χ4v) is 3.47. The first-order valence-corrected chi connectivity index (χ1v) is 8.05. The summed E-state index contributed by atoms with van der Waals surface area (Å²) < 4.78 is 0. The lowest BCUT2D eigenvalue weighted by molar-refractivity contribution is -0.133. The van der Waals surface area contributed by atoms with Gasteiger partial charge in [-0.25, -0.2) is 0 Å². The van der Waals surface area contributed by atoms with Crippen LogP contribution in [0.3, 0.4) is 0 Å². The van der Waals surface area contributed by atoms with Gasteiger partial charge in [-0.05, 0) is 43.8 Å². The van der Waals surface area contributed by atoms with Crippen LogP contribution in [-0.4, -0.2) is 52.6 Å². The van der Waals surface area contributed by atoms with Gasteiger partial charge >= 0.3 is 0 Å². The van der Waals surface area contributed by atoms with Crippen molar-refractivity contribution in [1.82, 2.24) is 9.80 Å². The Morgan fingerprint density at radius 2 is 2.30 bits per heavy atom. The van der Waals surface area contributed by atoms with E-state index in [2.05, 4.69) is 11.4 Å². The number of fused-ring (bicyclic) bond motifs is 1. The fraction of sp³-hybridized carbons (Fsp3) is 0.667. The maximum atomic E-state index is 12.4. The number of carbonyl (C=O) groups excluding carboxylic acids is 1. The van der Waals surface area contributed by atoms with Crippen LogP contribution in [0, 0.1) is 0 Å². The summed E-state index contributed by atoms with van der Waals surface area (Å²) in [5, 5.41) is 12.0. The smallest absolute Gasteiger partial charge is 0.237 e.